The Kier molecular flexibility index (Phi) is 2.72. The van der Waals surface area contributed by atoms with Crippen LogP contribution in [0.1, 0.15) is 0 Å². The largest absolute Gasteiger partial charge is 0.504 e. The monoisotopic (exact) mass is 285 g/mol. The van der Waals surface area contributed by atoms with E-state index in [1.807, 2.05) is 0 Å². The van der Waals surface area contributed by atoms with Gasteiger partial charge >= 0.3 is 0 Å². The first-order valence-electron chi connectivity index (χ1n) is 5.90. The minimum absolute atomic E-state index is 0.0976. The van der Waals surface area contributed by atoms with Crippen LogP contribution in [0.3, 0.4) is 0 Å². The second-order valence-electron chi connectivity index (χ2n) is 4.44. The molecule has 21 heavy (non-hydrogen) atoms. The summed E-state index contributed by atoms with van der Waals surface area (Å²) in [6.07, 6.45) is 0. The number of rotatable bonds is 1. The van der Waals surface area contributed by atoms with E-state index >= 15 is 0 Å². The number of hydrogen-bond donors (Lipinski definition) is 4. The van der Waals surface area contributed by atoms with E-state index in [9.17, 15) is 25.2 Å². The average Bonchev–Trinajstić information content (AvgIpc) is 2.40. The van der Waals surface area contributed by atoms with Gasteiger partial charge in [-0.1, -0.05) is 6.07 Å². The molecule has 1 heterocycles. The van der Waals surface area contributed by atoms with Crippen molar-refractivity contribution in [3.8, 4) is 45.6 Å². The fraction of sp³-hybridized carbons (Fsp3) is 0. The van der Waals surface area contributed by atoms with Crippen LogP contribution in [-0.2, 0) is 0 Å². The van der Waals surface area contributed by atoms with Crippen LogP contribution in [0.15, 0.2) is 39.5 Å². The van der Waals surface area contributed by atoms with Gasteiger partial charge in [-0.2, -0.15) is 0 Å². The molecule has 0 saturated carbocycles. The maximum Gasteiger partial charge on any atom is 0.296 e. The van der Waals surface area contributed by atoms with Crippen LogP contribution in [0, 0.1) is 6.07 Å². The molecule has 0 bridgehead atoms. The maximum absolute atomic E-state index is 12.0. The molecule has 4 N–H and O–H groups in total. The summed E-state index contributed by atoms with van der Waals surface area (Å²) in [5.41, 5.74) is 0.343. The lowest BCUT2D eigenvalue weighted by Crippen LogP contribution is -2.06. The van der Waals surface area contributed by atoms with Gasteiger partial charge in [0.25, 0.3) is 11.9 Å². The normalized spacial score (nSPS) is 10.9. The van der Waals surface area contributed by atoms with Crippen LogP contribution in [0.4, 0.5) is 0 Å². The van der Waals surface area contributed by atoms with Crippen molar-refractivity contribution < 1.29 is 24.8 Å². The maximum atomic E-state index is 12.0. The molecule has 0 aromatic heterocycles. The fourth-order valence-corrected chi connectivity index (χ4v) is 2.07. The highest BCUT2D eigenvalue weighted by molar-refractivity contribution is 5.77. The summed E-state index contributed by atoms with van der Waals surface area (Å²) in [6, 6.07) is 9.27. The van der Waals surface area contributed by atoms with Gasteiger partial charge in [-0.3, -0.25) is 4.79 Å². The molecule has 1 aromatic carbocycles. The van der Waals surface area contributed by atoms with Crippen molar-refractivity contribution in [2.24, 2.45) is 0 Å². The van der Waals surface area contributed by atoms with E-state index in [1.165, 1.54) is 30.3 Å². The molecule has 6 heteroatoms. The van der Waals surface area contributed by atoms with Gasteiger partial charge in [0.15, 0.2) is 11.5 Å². The molecule has 1 aromatic rings. The first kappa shape index (κ1) is 12.9. The van der Waals surface area contributed by atoms with Crippen molar-refractivity contribution in [3.63, 3.8) is 0 Å². The summed E-state index contributed by atoms with van der Waals surface area (Å²) >= 11 is 0. The van der Waals surface area contributed by atoms with Crippen molar-refractivity contribution >= 4 is 0 Å². The van der Waals surface area contributed by atoms with Gasteiger partial charge in [-0.25, -0.2) is 0 Å². The highest BCUT2D eigenvalue weighted by Gasteiger charge is 2.18. The van der Waals surface area contributed by atoms with Gasteiger partial charge in [-0.15, -0.1) is 0 Å². The summed E-state index contributed by atoms with van der Waals surface area (Å²) in [6.45, 7) is 0. The molecule has 6 nitrogen and oxygen atoms in total. The zero-order chi connectivity index (χ0) is 15.1. The second kappa shape index (κ2) is 4.45. The number of fused-ring (bicyclic) bond motifs is 1. The Morgan fingerprint density at radius 2 is 1.67 bits per heavy atom. The van der Waals surface area contributed by atoms with E-state index < -0.39 is 17.3 Å². The third-order valence-corrected chi connectivity index (χ3v) is 3.04. The van der Waals surface area contributed by atoms with E-state index in [0.29, 0.717) is 11.1 Å². The minimum atomic E-state index is -0.689. The molecule has 105 valence electrons. The topological polar surface area (TPSA) is 111 Å². The molecule has 0 unspecified atom stereocenters. The Bertz CT molecular complexity index is 865. The third kappa shape index (κ3) is 2.12. The summed E-state index contributed by atoms with van der Waals surface area (Å²) in [7, 11) is 0. The number of hydrogen-bond acceptors (Lipinski definition) is 6. The number of aromatic hydroxyl groups is 4. The smallest absolute Gasteiger partial charge is 0.296 e. The lowest BCUT2D eigenvalue weighted by molar-refractivity contribution is 0.253. The number of phenolic OH excluding ortho intramolecular Hbond substituents is 2. The highest BCUT2D eigenvalue weighted by Crippen LogP contribution is 2.36. The van der Waals surface area contributed by atoms with E-state index in [4.69, 9.17) is 0 Å². The molecule has 0 fully saturated rings. The van der Waals surface area contributed by atoms with E-state index in [1.54, 1.807) is 0 Å². The van der Waals surface area contributed by atoms with Crippen molar-refractivity contribution in [2.75, 3.05) is 0 Å². The predicted octanol–water partition coefficient (Wildman–Crippen LogP) is 2.03. The molecule has 0 atom stereocenters. The first-order valence-corrected chi connectivity index (χ1v) is 5.90. The highest BCUT2D eigenvalue weighted by atomic mass is 16.5. The number of benzene rings is 2. The first-order chi connectivity index (χ1) is 9.95. The lowest BCUT2D eigenvalue weighted by atomic mass is 9.97. The molecule has 0 amide bonds. The van der Waals surface area contributed by atoms with Gasteiger partial charge < -0.3 is 24.8 Å². The molecule has 0 spiro atoms. The van der Waals surface area contributed by atoms with Gasteiger partial charge in [0.1, 0.15) is 5.56 Å². The molecule has 3 rings (SSSR count). The molecule has 1 radical (unpaired) electrons. The lowest BCUT2D eigenvalue weighted by Gasteiger charge is -2.09. The van der Waals surface area contributed by atoms with Gasteiger partial charge in [0.2, 0.25) is 5.43 Å². The quantitative estimate of drug-likeness (QED) is 0.509. The summed E-state index contributed by atoms with van der Waals surface area (Å²) in [5, 5.41) is 37.7. The SMILES string of the molecule is O=c1[c]c(-c2ccc(O)c(O)c2)cc2cc(O)oc(O)c1-2. The van der Waals surface area contributed by atoms with Crippen molar-refractivity contribution in [1.29, 1.82) is 0 Å². The standard InChI is InChI=1S/C15H9O6/c16-10-2-1-7(4-11(10)17)8-3-9-6-13(19)21-15(20)14(9)12(18)5-8/h1-4,6,16-17,19-20H. The molecule has 0 saturated heterocycles. The van der Waals surface area contributed by atoms with Crippen LogP contribution in [0.25, 0.3) is 22.3 Å². The molecular weight excluding hydrogens is 276 g/mol. The van der Waals surface area contributed by atoms with Crippen molar-refractivity contribution in [2.45, 2.75) is 0 Å². The predicted molar refractivity (Wildman–Crippen MR) is 72.5 cm³/mol. The zero-order valence-electron chi connectivity index (χ0n) is 10.5. The van der Waals surface area contributed by atoms with Gasteiger partial charge in [0, 0.05) is 17.7 Å². The Morgan fingerprint density at radius 1 is 0.905 bits per heavy atom. The Balaban J connectivity index is 2.28. The van der Waals surface area contributed by atoms with E-state index in [2.05, 4.69) is 10.5 Å². The molecule has 1 aliphatic carbocycles. The van der Waals surface area contributed by atoms with Crippen molar-refractivity contribution in [3.05, 3.63) is 46.6 Å². The number of phenols is 2. The molecule has 2 aliphatic rings. The fourth-order valence-electron chi connectivity index (χ4n) is 2.07. The third-order valence-electron chi connectivity index (χ3n) is 3.04. The summed E-state index contributed by atoms with van der Waals surface area (Å²) in [4.78, 5) is 12.0. The van der Waals surface area contributed by atoms with Gasteiger partial charge in [0.05, 0.1) is 0 Å². The molecular formula is C15H9O6. The average molecular weight is 285 g/mol. The Labute approximate surface area is 118 Å². The van der Waals surface area contributed by atoms with E-state index in [0.717, 1.165) is 0 Å². The van der Waals surface area contributed by atoms with Gasteiger partial charge in [-0.05, 0) is 29.3 Å². The van der Waals surface area contributed by atoms with Crippen LogP contribution >= 0.6 is 0 Å². The minimum Gasteiger partial charge on any atom is -0.504 e. The summed E-state index contributed by atoms with van der Waals surface area (Å²) in [5.74, 6) is -1.84. The van der Waals surface area contributed by atoms with Crippen LogP contribution in [0.2, 0.25) is 0 Å². The molecule has 1 aliphatic heterocycles. The summed E-state index contributed by atoms with van der Waals surface area (Å²) < 4.78 is 4.57. The van der Waals surface area contributed by atoms with Crippen LogP contribution in [-0.4, -0.2) is 20.4 Å². The van der Waals surface area contributed by atoms with Crippen molar-refractivity contribution in [1.82, 2.24) is 0 Å². The second-order valence-corrected chi connectivity index (χ2v) is 4.44. The zero-order valence-corrected chi connectivity index (χ0v) is 10.5. The Morgan fingerprint density at radius 3 is 2.38 bits per heavy atom. The Hall–Kier alpha value is -3.15. The van der Waals surface area contributed by atoms with Crippen LogP contribution in [0.5, 0.6) is 23.4 Å². The van der Waals surface area contributed by atoms with Crippen LogP contribution < -0.4 is 5.43 Å². The van der Waals surface area contributed by atoms with E-state index in [-0.39, 0.29) is 22.6 Å².